The van der Waals surface area contributed by atoms with Crippen molar-refractivity contribution in [1.29, 1.82) is 0 Å². The fourth-order valence-corrected chi connectivity index (χ4v) is 2.83. The van der Waals surface area contributed by atoms with Gasteiger partial charge in [0, 0.05) is 30.5 Å². The molecule has 1 aromatic heterocycles. The van der Waals surface area contributed by atoms with Gasteiger partial charge in [0.2, 0.25) is 0 Å². The summed E-state index contributed by atoms with van der Waals surface area (Å²) in [5, 5.41) is 14.1. The van der Waals surface area contributed by atoms with E-state index in [9.17, 15) is 19.3 Å². The molecule has 1 unspecified atom stereocenters. The number of carbonyl (C=O) groups excluding carboxylic acids is 1. The summed E-state index contributed by atoms with van der Waals surface area (Å²) in [4.78, 5) is 27.6. The van der Waals surface area contributed by atoms with Crippen LogP contribution in [0.1, 0.15) is 27.8 Å². The Morgan fingerprint density at radius 1 is 1.30 bits per heavy atom. The van der Waals surface area contributed by atoms with Gasteiger partial charge in [0.25, 0.3) is 11.6 Å². The molecular formula is C18H14ClFN4O3. The van der Waals surface area contributed by atoms with E-state index in [0.29, 0.717) is 11.4 Å². The van der Waals surface area contributed by atoms with E-state index in [1.807, 2.05) is 0 Å². The van der Waals surface area contributed by atoms with Gasteiger partial charge >= 0.3 is 0 Å². The fraction of sp³-hybridized carbons (Fsp3) is 0.111. The molecule has 0 aliphatic carbocycles. The number of benzene rings is 2. The number of aromatic nitrogens is 2. The van der Waals surface area contributed by atoms with Crippen LogP contribution in [-0.2, 0) is 7.05 Å². The summed E-state index contributed by atoms with van der Waals surface area (Å²) >= 11 is 5.80. The molecule has 0 spiro atoms. The standard InChI is InChI=1S/C18H14ClFN4O3/c1-23-9-8-21-17(23)16(11-2-5-13(20)6-3-11)22-18(25)14-7-4-12(19)10-15(14)24(26)27/h2-10,16H,1H3,(H,22,25). The molecule has 0 saturated carbocycles. The summed E-state index contributed by atoms with van der Waals surface area (Å²) in [6, 6.07) is 8.64. The minimum absolute atomic E-state index is 0.134. The summed E-state index contributed by atoms with van der Waals surface area (Å²) in [6.07, 6.45) is 3.26. The van der Waals surface area contributed by atoms with Crippen LogP contribution in [0.4, 0.5) is 10.1 Å². The Morgan fingerprint density at radius 2 is 2.00 bits per heavy atom. The third kappa shape index (κ3) is 3.95. The molecule has 1 heterocycles. The molecule has 0 aliphatic heterocycles. The van der Waals surface area contributed by atoms with Gasteiger partial charge in [0.05, 0.1) is 4.92 Å². The van der Waals surface area contributed by atoms with Crippen LogP contribution in [0.5, 0.6) is 0 Å². The number of nitro benzene ring substituents is 1. The van der Waals surface area contributed by atoms with Crippen molar-refractivity contribution in [2.75, 3.05) is 0 Å². The van der Waals surface area contributed by atoms with Crippen LogP contribution in [0.2, 0.25) is 5.02 Å². The van der Waals surface area contributed by atoms with E-state index < -0.39 is 28.4 Å². The van der Waals surface area contributed by atoms with Gasteiger partial charge in [-0.05, 0) is 29.8 Å². The highest BCUT2D eigenvalue weighted by Gasteiger charge is 2.26. The lowest BCUT2D eigenvalue weighted by Gasteiger charge is -2.19. The van der Waals surface area contributed by atoms with E-state index in [2.05, 4.69) is 10.3 Å². The predicted octanol–water partition coefficient (Wildman–Crippen LogP) is 3.64. The molecule has 1 atom stereocenters. The van der Waals surface area contributed by atoms with Gasteiger partial charge in [-0.1, -0.05) is 23.7 Å². The number of hydrogen-bond acceptors (Lipinski definition) is 4. The van der Waals surface area contributed by atoms with Crippen LogP contribution in [0, 0.1) is 15.9 Å². The number of halogens is 2. The zero-order chi connectivity index (χ0) is 19.6. The van der Waals surface area contributed by atoms with Crippen LogP contribution < -0.4 is 5.32 Å². The third-order valence-corrected chi connectivity index (χ3v) is 4.23. The zero-order valence-electron chi connectivity index (χ0n) is 14.1. The fourth-order valence-electron chi connectivity index (χ4n) is 2.66. The minimum atomic E-state index is -0.728. The lowest BCUT2D eigenvalue weighted by Crippen LogP contribution is -2.31. The van der Waals surface area contributed by atoms with Crippen LogP contribution in [-0.4, -0.2) is 20.4 Å². The second-order valence-corrected chi connectivity index (χ2v) is 6.21. The molecule has 1 amide bonds. The van der Waals surface area contributed by atoms with Crippen LogP contribution in [0.25, 0.3) is 0 Å². The van der Waals surface area contributed by atoms with Crippen molar-refractivity contribution in [3.63, 3.8) is 0 Å². The van der Waals surface area contributed by atoms with E-state index in [0.717, 1.165) is 6.07 Å². The number of imidazole rings is 1. The van der Waals surface area contributed by atoms with Crippen molar-refractivity contribution in [2.24, 2.45) is 7.05 Å². The molecule has 0 aliphatic rings. The van der Waals surface area contributed by atoms with Crippen LogP contribution in [0.15, 0.2) is 54.9 Å². The van der Waals surface area contributed by atoms with Crippen molar-refractivity contribution < 1.29 is 14.1 Å². The molecule has 27 heavy (non-hydrogen) atoms. The smallest absolute Gasteiger partial charge is 0.283 e. The van der Waals surface area contributed by atoms with Crippen molar-refractivity contribution in [2.45, 2.75) is 6.04 Å². The first-order chi connectivity index (χ1) is 12.9. The first-order valence-corrected chi connectivity index (χ1v) is 8.22. The average molecular weight is 389 g/mol. The third-order valence-electron chi connectivity index (χ3n) is 4.00. The van der Waals surface area contributed by atoms with E-state index in [4.69, 9.17) is 11.6 Å². The topological polar surface area (TPSA) is 90.1 Å². The number of aryl methyl sites for hydroxylation is 1. The van der Waals surface area contributed by atoms with E-state index >= 15 is 0 Å². The summed E-state index contributed by atoms with van der Waals surface area (Å²) in [5.74, 6) is -0.598. The molecule has 1 N–H and O–H groups in total. The maximum absolute atomic E-state index is 13.3. The van der Waals surface area contributed by atoms with Crippen molar-refractivity contribution >= 4 is 23.2 Å². The number of hydrogen-bond donors (Lipinski definition) is 1. The highest BCUT2D eigenvalue weighted by atomic mass is 35.5. The average Bonchev–Trinajstić information content (AvgIpc) is 3.06. The molecular weight excluding hydrogens is 375 g/mol. The Labute approximate surface area is 158 Å². The number of nitrogens with zero attached hydrogens (tertiary/aromatic N) is 3. The molecule has 9 heteroatoms. The Hall–Kier alpha value is -3.26. The van der Waals surface area contributed by atoms with Crippen molar-refractivity contribution in [1.82, 2.24) is 14.9 Å². The number of carbonyl (C=O) groups is 1. The van der Waals surface area contributed by atoms with Gasteiger partial charge in [-0.25, -0.2) is 9.37 Å². The monoisotopic (exact) mass is 388 g/mol. The summed E-state index contributed by atoms with van der Waals surface area (Å²) in [6.45, 7) is 0. The maximum Gasteiger partial charge on any atom is 0.283 e. The van der Waals surface area contributed by atoms with E-state index in [1.54, 1.807) is 24.0 Å². The zero-order valence-corrected chi connectivity index (χ0v) is 14.9. The van der Waals surface area contributed by atoms with Crippen molar-refractivity contribution in [3.8, 4) is 0 Å². The Balaban J connectivity index is 2.00. The molecule has 7 nitrogen and oxygen atoms in total. The molecule has 3 aromatic rings. The van der Waals surface area contributed by atoms with Gasteiger partial charge in [0.15, 0.2) is 0 Å². The van der Waals surface area contributed by atoms with Gasteiger partial charge in [-0.3, -0.25) is 14.9 Å². The Morgan fingerprint density at radius 3 is 2.59 bits per heavy atom. The number of nitrogens with one attached hydrogen (secondary N) is 1. The lowest BCUT2D eigenvalue weighted by atomic mass is 10.0. The van der Waals surface area contributed by atoms with Gasteiger partial charge in [0.1, 0.15) is 23.2 Å². The van der Waals surface area contributed by atoms with E-state index in [1.165, 1.54) is 36.4 Å². The Kier molecular flexibility index (Phi) is 5.18. The first kappa shape index (κ1) is 18.5. The molecule has 3 rings (SSSR count). The molecule has 2 aromatic carbocycles. The highest BCUT2D eigenvalue weighted by molar-refractivity contribution is 6.31. The number of nitro groups is 1. The SMILES string of the molecule is Cn1ccnc1C(NC(=O)c1ccc(Cl)cc1[N+](=O)[O-])c1ccc(F)cc1. The maximum atomic E-state index is 13.3. The largest absolute Gasteiger partial charge is 0.338 e. The molecule has 0 bridgehead atoms. The molecule has 138 valence electrons. The summed E-state index contributed by atoms with van der Waals surface area (Å²) < 4.78 is 15.0. The number of amides is 1. The second-order valence-electron chi connectivity index (χ2n) is 5.77. The van der Waals surface area contributed by atoms with Crippen LogP contribution >= 0.6 is 11.6 Å². The summed E-state index contributed by atoms with van der Waals surface area (Å²) in [7, 11) is 1.75. The summed E-state index contributed by atoms with van der Waals surface area (Å²) in [5.41, 5.74) is 0.0408. The van der Waals surface area contributed by atoms with Gasteiger partial charge in [-0.15, -0.1) is 0 Å². The van der Waals surface area contributed by atoms with Crippen molar-refractivity contribution in [3.05, 3.63) is 92.8 Å². The molecule has 0 fully saturated rings. The predicted molar refractivity (Wildman–Crippen MR) is 97.0 cm³/mol. The highest BCUT2D eigenvalue weighted by Crippen LogP contribution is 2.26. The normalized spacial score (nSPS) is 11.8. The second kappa shape index (κ2) is 7.55. The Bertz CT molecular complexity index is 1000. The van der Waals surface area contributed by atoms with E-state index in [-0.39, 0.29) is 10.6 Å². The quantitative estimate of drug-likeness (QED) is 0.533. The molecule has 0 radical (unpaired) electrons. The number of rotatable bonds is 5. The van der Waals surface area contributed by atoms with Gasteiger partial charge < -0.3 is 9.88 Å². The van der Waals surface area contributed by atoms with Gasteiger partial charge in [-0.2, -0.15) is 0 Å². The minimum Gasteiger partial charge on any atom is -0.338 e. The lowest BCUT2D eigenvalue weighted by molar-refractivity contribution is -0.385. The van der Waals surface area contributed by atoms with Crippen LogP contribution in [0.3, 0.4) is 0 Å². The molecule has 0 saturated heterocycles. The first-order valence-electron chi connectivity index (χ1n) is 7.84.